The summed E-state index contributed by atoms with van der Waals surface area (Å²) in [4.78, 5) is 25.7. The van der Waals surface area contributed by atoms with Crippen molar-refractivity contribution < 1.29 is 24.2 Å². The topological polar surface area (TPSA) is 118 Å². The van der Waals surface area contributed by atoms with Gasteiger partial charge in [0.15, 0.2) is 0 Å². The number of H-pyrrole nitrogens is 1. The van der Waals surface area contributed by atoms with E-state index in [9.17, 15) is 14.7 Å². The molecule has 3 atom stereocenters. The van der Waals surface area contributed by atoms with Gasteiger partial charge in [-0.25, -0.2) is 4.79 Å². The lowest BCUT2D eigenvalue weighted by Gasteiger charge is -2.30. The van der Waals surface area contributed by atoms with Gasteiger partial charge >= 0.3 is 12.1 Å². The molecule has 3 rings (SSSR count). The Balaban J connectivity index is 1.81. The van der Waals surface area contributed by atoms with Crippen molar-refractivity contribution in [3.05, 3.63) is 36.0 Å². The standard InChI is InChI=1S/C20H26N4O5/c1-12(25)28-18-16(24(11-17(18)26)19(27)29-20(2,3)4)9-13-5-7-14(8-6-13)15-10-21-23-22-15/h5-8,10,16-18,26H,9,11H2,1-4H3,(H,21,22,23)/t16-,17+,18+/m1/s1. The summed E-state index contributed by atoms with van der Waals surface area (Å²) in [7, 11) is 0. The van der Waals surface area contributed by atoms with Gasteiger partial charge < -0.3 is 14.6 Å². The molecular weight excluding hydrogens is 376 g/mol. The summed E-state index contributed by atoms with van der Waals surface area (Å²) in [6, 6.07) is 7.08. The average Bonchev–Trinajstić information content (AvgIpc) is 3.25. The number of aromatic amines is 1. The van der Waals surface area contributed by atoms with Crippen LogP contribution in [0.15, 0.2) is 30.5 Å². The van der Waals surface area contributed by atoms with E-state index in [0.29, 0.717) is 6.42 Å². The number of aliphatic hydroxyl groups excluding tert-OH is 1. The smallest absolute Gasteiger partial charge is 0.410 e. The molecule has 2 aromatic rings. The monoisotopic (exact) mass is 402 g/mol. The Hall–Kier alpha value is -2.94. The maximum atomic E-state index is 12.7. The van der Waals surface area contributed by atoms with E-state index in [4.69, 9.17) is 9.47 Å². The lowest BCUT2D eigenvalue weighted by Crippen LogP contribution is -2.45. The molecule has 0 bridgehead atoms. The molecule has 0 unspecified atom stereocenters. The van der Waals surface area contributed by atoms with Crippen LogP contribution < -0.4 is 0 Å². The van der Waals surface area contributed by atoms with Gasteiger partial charge in [-0.1, -0.05) is 29.5 Å². The number of esters is 1. The largest absolute Gasteiger partial charge is 0.457 e. The minimum absolute atomic E-state index is 0.0363. The van der Waals surface area contributed by atoms with Crippen molar-refractivity contribution in [2.75, 3.05) is 6.54 Å². The Kier molecular flexibility index (Phi) is 5.88. The molecule has 1 aliphatic rings. The molecule has 9 heteroatoms. The van der Waals surface area contributed by atoms with Gasteiger partial charge in [-0.2, -0.15) is 0 Å². The van der Waals surface area contributed by atoms with Crippen LogP contribution in [-0.2, 0) is 20.7 Å². The molecule has 2 N–H and O–H groups in total. The van der Waals surface area contributed by atoms with Crippen LogP contribution in [-0.4, -0.2) is 67.9 Å². The van der Waals surface area contributed by atoms with Crippen LogP contribution in [0, 0.1) is 0 Å². The molecule has 0 aliphatic carbocycles. The Morgan fingerprint density at radius 2 is 1.97 bits per heavy atom. The van der Waals surface area contributed by atoms with Gasteiger partial charge in [0, 0.05) is 18.7 Å². The highest BCUT2D eigenvalue weighted by atomic mass is 16.6. The van der Waals surface area contributed by atoms with Crippen LogP contribution in [0.3, 0.4) is 0 Å². The second-order valence-electron chi connectivity index (χ2n) is 8.10. The highest BCUT2D eigenvalue weighted by Gasteiger charge is 2.46. The summed E-state index contributed by atoms with van der Waals surface area (Å²) in [5.74, 6) is -0.508. The first kappa shape index (κ1) is 20.8. The molecular formula is C20H26N4O5. The van der Waals surface area contributed by atoms with Crippen molar-refractivity contribution in [3.8, 4) is 11.3 Å². The molecule has 9 nitrogen and oxygen atoms in total. The number of aliphatic hydroxyl groups is 1. The summed E-state index contributed by atoms with van der Waals surface area (Å²) < 4.78 is 10.8. The molecule has 29 heavy (non-hydrogen) atoms. The third kappa shape index (κ3) is 5.11. The van der Waals surface area contributed by atoms with E-state index in [1.165, 1.54) is 11.8 Å². The zero-order valence-corrected chi connectivity index (χ0v) is 17.0. The number of nitrogens with zero attached hydrogens (tertiary/aromatic N) is 3. The Morgan fingerprint density at radius 1 is 1.28 bits per heavy atom. The number of carbonyl (C=O) groups excluding carboxylic acids is 2. The third-order valence-electron chi connectivity index (χ3n) is 4.58. The van der Waals surface area contributed by atoms with Crippen molar-refractivity contribution in [1.29, 1.82) is 0 Å². The molecule has 1 aromatic heterocycles. The van der Waals surface area contributed by atoms with Crippen LogP contribution >= 0.6 is 0 Å². The van der Waals surface area contributed by atoms with Gasteiger partial charge in [0.1, 0.15) is 23.5 Å². The first-order valence-corrected chi connectivity index (χ1v) is 9.45. The van der Waals surface area contributed by atoms with E-state index in [-0.39, 0.29) is 6.54 Å². The Morgan fingerprint density at radius 3 is 2.52 bits per heavy atom. The lowest BCUT2D eigenvalue weighted by atomic mass is 9.99. The number of rotatable bonds is 4. The van der Waals surface area contributed by atoms with Crippen molar-refractivity contribution in [2.24, 2.45) is 0 Å². The fraction of sp³-hybridized carbons (Fsp3) is 0.500. The van der Waals surface area contributed by atoms with Gasteiger partial charge in [0.25, 0.3) is 0 Å². The number of aromatic nitrogens is 3. The molecule has 1 aliphatic heterocycles. The summed E-state index contributed by atoms with van der Waals surface area (Å²) in [5.41, 5.74) is 1.86. The van der Waals surface area contributed by atoms with Crippen LogP contribution in [0.4, 0.5) is 4.79 Å². The minimum atomic E-state index is -0.981. The number of hydrogen-bond donors (Lipinski definition) is 2. The summed E-state index contributed by atoms with van der Waals surface area (Å²) in [5, 5.41) is 20.8. The molecule has 156 valence electrons. The van der Waals surface area contributed by atoms with Crippen LogP contribution in [0.25, 0.3) is 11.3 Å². The van der Waals surface area contributed by atoms with Crippen LogP contribution in [0.5, 0.6) is 0 Å². The molecule has 0 saturated carbocycles. The fourth-order valence-electron chi connectivity index (χ4n) is 3.38. The molecule has 1 saturated heterocycles. The maximum absolute atomic E-state index is 12.7. The van der Waals surface area contributed by atoms with Gasteiger partial charge in [0.2, 0.25) is 0 Å². The molecule has 2 heterocycles. The number of ether oxygens (including phenoxy) is 2. The SMILES string of the molecule is CC(=O)O[C@H]1[C@@H](Cc2ccc(-c3c[nH]nn3)cc2)N(C(=O)OC(C)(C)C)C[C@@H]1O. The second kappa shape index (κ2) is 8.20. The summed E-state index contributed by atoms with van der Waals surface area (Å²) in [6.07, 6.45) is -0.257. The van der Waals surface area contributed by atoms with Crippen molar-refractivity contribution in [3.63, 3.8) is 0 Å². The summed E-state index contributed by atoms with van der Waals surface area (Å²) in [6.45, 7) is 6.65. The number of amides is 1. The molecule has 1 aromatic carbocycles. The van der Waals surface area contributed by atoms with E-state index in [2.05, 4.69) is 15.4 Å². The maximum Gasteiger partial charge on any atom is 0.410 e. The highest BCUT2D eigenvalue weighted by Crippen LogP contribution is 2.28. The molecule has 0 radical (unpaired) electrons. The van der Waals surface area contributed by atoms with Crippen molar-refractivity contribution >= 4 is 12.1 Å². The normalized spacial score (nSPS) is 21.8. The Labute approximate surface area is 169 Å². The number of carbonyl (C=O) groups is 2. The first-order valence-electron chi connectivity index (χ1n) is 9.45. The van der Waals surface area contributed by atoms with Gasteiger partial charge in [-0.3, -0.25) is 14.8 Å². The Bertz CT molecular complexity index is 845. The van der Waals surface area contributed by atoms with Crippen molar-refractivity contribution in [2.45, 2.75) is 58.0 Å². The zero-order valence-electron chi connectivity index (χ0n) is 17.0. The number of hydrogen-bond acceptors (Lipinski definition) is 7. The minimum Gasteiger partial charge on any atom is -0.457 e. The van der Waals surface area contributed by atoms with Gasteiger partial charge in [-0.15, -0.1) is 5.10 Å². The molecule has 0 spiro atoms. The van der Waals surface area contributed by atoms with Crippen LogP contribution in [0.1, 0.15) is 33.3 Å². The summed E-state index contributed by atoms with van der Waals surface area (Å²) >= 11 is 0. The van der Waals surface area contributed by atoms with E-state index in [1.807, 2.05) is 24.3 Å². The number of likely N-dealkylation sites (tertiary alicyclic amines) is 1. The van der Waals surface area contributed by atoms with E-state index in [0.717, 1.165) is 16.8 Å². The average molecular weight is 402 g/mol. The van der Waals surface area contributed by atoms with Crippen molar-refractivity contribution in [1.82, 2.24) is 20.3 Å². The quantitative estimate of drug-likeness (QED) is 0.750. The number of nitrogens with one attached hydrogen (secondary N) is 1. The highest BCUT2D eigenvalue weighted by molar-refractivity contribution is 5.70. The van der Waals surface area contributed by atoms with E-state index in [1.54, 1.807) is 27.0 Å². The molecule has 1 fully saturated rings. The third-order valence-corrected chi connectivity index (χ3v) is 4.58. The molecule has 1 amide bonds. The van der Waals surface area contributed by atoms with E-state index < -0.39 is 35.9 Å². The zero-order chi connectivity index (χ0) is 21.2. The fourth-order valence-corrected chi connectivity index (χ4v) is 3.38. The predicted octanol–water partition coefficient (Wildman–Crippen LogP) is 1.93. The second-order valence-corrected chi connectivity index (χ2v) is 8.10. The first-order chi connectivity index (χ1) is 13.6. The van der Waals surface area contributed by atoms with Crippen LogP contribution in [0.2, 0.25) is 0 Å². The van der Waals surface area contributed by atoms with Gasteiger partial charge in [0.05, 0.1) is 12.6 Å². The number of benzene rings is 1. The number of β-amino-alcohol motifs (C(OH)–C–C–N with tert-alkyl or cyclic N) is 1. The lowest BCUT2D eigenvalue weighted by molar-refractivity contribution is -0.151. The van der Waals surface area contributed by atoms with Gasteiger partial charge in [-0.05, 0) is 32.8 Å². The predicted molar refractivity (Wildman–Crippen MR) is 104 cm³/mol. The van der Waals surface area contributed by atoms with E-state index >= 15 is 0 Å².